The number of benzene rings is 2. The summed E-state index contributed by atoms with van der Waals surface area (Å²) in [5, 5.41) is 12.0. The van der Waals surface area contributed by atoms with Gasteiger partial charge in [0.25, 0.3) is 0 Å². The van der Waals surface area contributed by atoms with Crippen molar-refractivity contribution in [2.75, 3.05) is 6.61 Å². The Morgan fingerprint density at radius 2 is 1.67 bits per heavy atom. The Morgan fingerprint density at radius 3 is 2.23 bits per heavy atom. The van der Waals surface area contributed by atoms with E-state index in [1.165, 1.54) is 6.26 Å². The lowest BCUT2D eigenvalue weighted by molar-refractivity contribution is -0.137. The van der Waals surface area contributed by atoms with E-state index in [0.29, 0.717) is 5.76 Å². The molecule has 3 aromatic rings. The lowest BCUT2D eigenvalue weighted by atomic mass is 9.95. The number of furan rings is 1. The first-order valence-electron chi connectivity index (χ1n) is 9.91. The van der Waals surface area contributed by atoms with E-state index in [4.69, 9.17) is 9.15 Å². The molecule has 6 nitrogen and oxygen atoms in total. The largest absolute Gasteiger partial charge is 0.481 e. The summed E-state index contributed by atoms with van der Waals surface area (Å²) in [4.78, 5) is 23.7. The normalized spacial score (nSPS) is 14.4. The first-order chi connectivity index (χ1) is 14.5. The van der Waals surface area contributed by atoms with Gasteiger partial charge in [0, 0.05) is 17.9 Å². The van der Waals surface area contributed by atoms with E-state index in [-0.39, 0.29) is 18.9 Å². The number of nitrogens with one attached hydrogen (secondary N) is 1. The predicted molar refractivity (Wildman–Crippen MR) is 111 cm³/mol. The van der Waals surface area contributed by atoms with Crippen molar-refractivity contribution in [3.63, 3.8) is 0 Å². The maximum absolute atomic E-state index is 12.5. The lowest BCUT2D eigenvalue weighted by Gasteiger charge is -2.22. The van der Waals surface area contributed by atoms with Gasteiger partial charge in [0.1, 0.15) is 12.4 Å². The molecule has 0 radical (unpaired) electrons. The third-order valence-corrected chi connectivity index (χ3v) is 5.60. The van der Waals surface area contributed by atoms with Crippen LogP contribution in [0.2, 0.25) is 0 Å². The van der Waals surface area contributed by atoms with Gasteiger partial charge in [0.2, 0.25) is 0 Å². The number of fused-ring (bicyclic) bond motifs is 3. The van der Waals surface area contributed by atoms with E-state index >= 15 is 0 Å². The van der Waals surface area contributed by atoms with Crippen molar-refractivity contribution < 1.29 is 23.8 Å². The second kappa shape index (κ2) is 8.45. The van der Waals surface area contributed by atoms with Crippen LogP contribution in [0, 0.1) is 0 Å². The molecule has 4 rings (SSSR count). The van der Waals surface area contributed by atoms with Gasteiger partial charge in [-0.1, -0.05) is 48.5 Å². The summed E-state index contributed by atoms with van der Waals surface area (Å²) in [5.74, 6) is -0.960. The molecule has 0 fully saturated rings. The summed E-state index contributed by atoms with van der Waals surface area (Å²) in [6, 6.07) is 19.2. The van der Waals surface area contributed by atoms with Crippen LogP contribution in [0.25, 0.3) is 11.1 Å². The maximum atomic E-state index is 12.5. The standard InChI is InChI=1S/C24H23NO5/c1-15(20(13-23(26)27)22-11-6-12-29-22)25-24(28)30-14-21-18-9-4-2-7-16(18)17-8-3-5-10-19(17)21/h2-12,15,20-21H,13-14H2,1H3,(H,25,28)(H,26,27). The highest BCUT2D eigenvalue weighted by atomic mass is 16.5. The fourth-order valence-corrected chi connectivity index (χ4v) is 4.14. The Balaban J connectivity index is 1.43. The van der Waals surface area contributed by atoms with Crippen molar-refractivity contribution >= 4 is 12.1 Å². The van der Waals surface area contributed by atoms with Crippen LogP contribution >= 0.6 is 0 Å². The van der Waals surface area contributed by atoms with Gasteiger partial charge in [-0.3, -0.25) is 4.79 Å². The molecular formula is C24H23NO5. The van der Waals surface area contributed by atoms with Crippen LogP contribution in [0.15, 0.2) is 71.3 Å². The molecule has 1 aromatic heterocycles. The number of hydrogen-bond acceptors (Lipinski definition) is 4. The van der Waals surface area contributed by atoms with Crippen molar-refractivity contribution in [2.45, 2.75) is 31.2 Å². The van der Waals surface area contributed by atoms with E-state index < -0.39 is 24.0 Å². The number of rotatable bonds is 7. The number of ether oxygens (including phenoxy) is 1. The van der Waals surface area contributed by atoms with Crippen molar-refractivity contribution in [1.82, 2.24) is 5.32 Å². The van der Waals surface area contributed by atoms with E-state index in [0.717, 1.165) is 22.3 Å². The number of amides is 1. The van der Waals surface area contributed by atoms with E-state index in [2.05, 4.69) is 29.6 Å². The summed E-state index contributed by atoms with van der Waals surface area (Å²) in [6.07, 6.45) is 0.758. The number of carbonyl (C=O) groups is 2. The molecule has 1 amide bonds. The van der Waals surface area contributed by atoms with Crippen LogP contribution in [0.3, 0.4) is 0 Å². The van der Waals surface area contributed by atoms with Crippen LogP contribution in [-0.4, -0.2) is 29.8 Å². The van der Waals surface area contributed by atoms with Crippen molar-refractivity contribution in [2.24, 2.45) is 0 Å². The fraction of sp³-hybridized carbons (Fsp3) is 0.250. The molecule has 2 aromatic carbocycles. The third kappa shape index (κ3) is 3.94. The maximum Gasteiger partial charge on any atom is 0.407 e. The average molecular weight is 405 g/mol. The van der Waals surface area contributed by atoms with Gasteiger partial charge in [-0.2, -0.15) is 0 Å². The topological polar surface area (TPSA) is 88.8 Å². The van der Waals surface area contributed by atoms with E-state index in [1.54, 1.807) is 19.1 Å². The molecule has 1 heterocycles. The Kier molecular flexibility index (Phi) is 5.57. The van der Waals surface area contributed by atoms with E-state index in [9.17, 15) is 14.7 Å². The lowest BCUT2D eigenvalue weighted by Crippen LogP contribution is -2.38. The zero-order valence-electron chi connectivity index (χ0n) is 16.6. The second-order valence-electron chi connectivity index (χ2n) is 7.48. The number of carboxylic acids is 1. The zero-order valence-corrected chi connectivity index (χ0v) is 16.6. The summed E-state index contributed by atoms with van der Waals surface area (Å²) in [5.41, 5.74) is 4.60. The molecule has 2 unspecified atom stereocenters. The molecule has 0 bridgehead atoms. The third-order valence-electron chi connectivity index (χ3n) is 5.60. The molecule has 30 heavy (non-hydrogen) atoms. The number of hydrogen-bond donors (Lipinski definition) is 2. The van der Waals surface area contributed by atoms with Crippen LogP contribution in [0.1, 0.15) is 42.1 Å². The molecule has 0 saturated carbocycles. The first-order valence-corrected chi connectivity index (χ1v) is 9.91. The fourth-order valence-electron chi connectivity index (χ4n) is 4.14. The minimum Gasteiger partial charge on any atom is -0.481 e. The van der Waals surface area contributed by atoms with Crippen LogP contribution in [0.4, 0.5) is 4.79 Å². The molecule has 2 atom stereocenters. The Bertz CT molecular complexity index is 998. The molecule has 6 heteroatoms. The number of carboxylic acid groups (broad SMARTS) is 1. The summed E-state index contributed by atoms with van der Waals surface area (Å²) in [6.45, 7) is 1.95. The highest BCUT2D eigenvalue weighted by molar-refractivity contribution is 5.79. The molecule has 2 N–H and O–H groups in total. The smallest absolute Gasteiger partial charge is 0.407 e. The van der Waals surface area contributed by atoms with Gasteiger partial charge in [-0.05, 0) is 41.3 Å². The van der Waals surface area contributed by atoms with Crippen LogP contribution in [-0.2, 0) is 9.53 Å². The summed E-state index contributed by atoms with van der Waals surface area (Å²) in [7, 11) is 0. The SMILES string of the molecule is CC(NC(=O)OCC1c2ccccc2-c2ccccc21)C(CC(=O)O)c1ccco1. The molecule has 1 aliphatic carbocycles. The predicted octanol–water partition coefficient (Wildman–Crippen LogP) is 4.77. The van der Waals surface area contributed by atoms with Gasteiger partial charge in [-0.25, -0.2) is 4.79 Å². The molecule has 154 valence electrons. The second-order valence-corrected chi connectivity index (χ2v) is 7.48. The Labute approximate surface area is 174 Å². The van der Waals surface area contributed by atoms with Crippen molar-refractivity contribution in [3.8, 4) is 11.1 Å². The van der Waals surface area contributed by atoms with E-state index in [1.807, 2.05) is 24.3 Å². The molecule has 1 aliphatic rings. The summed E-state index contributed by atoms with van der Waals surface area (Å²) < 4.78 is 10.9. The number of aliphatic carboxylic acids is 1. The Hall–Kier alpha value is -3.54. The van der Waals surface area contributed by atoms with Gasteiger partial charge in [0.05, 0.1) is 12.7 Å². The quantitative estimate of drug-likeness (QED) is 0.591. The van der Waals surface area contributed by atoms with Gasteiger partial charge in [0.15, 0.2) is 0 Å². The first kappa shape index (κ1) is 19.8. The number of carbonyl (C=O) groups excluding carboxylic acids is 1. The highest BCUT2D eigenvalue weighted by Gasteiger charge is 2.30. The monoisotopic (exact) mass is 405 g/mol. The summed E-state index contributed by atoms with van der Waals surface area (Å²) >= 11 is 0. The Morgan fingerprint density at radius 1 is 1.03 bits per heavy atom. The van der Waals surface area contributed by atoms with Crippen molar-refractivity contribution in [3.05, 3.63) is 83.8 Å². The van der Waals surface area contributed by atoms with Crippen LogP contribution in [0.5, 0.6) is 0 Å². The minimum atomic E-state index is -0.961. The average Bonchev–Trinajstić information content (AvgIpc) is 3.37. The zero-order chi connectivity index (χ0) is 21.1. The molecule has 0 saturated heterocycles. The van der Waals surface area contributed by atoms with Crippen LogP contribution < -0.4 is 5.32 Å². The molecular weight excluding hydrogens is 382 g/mol. The molecule has 0 aliphatic heterocycles. The number of alkyl carbamates (subject to hydrolysis) is 1. The van der Waals surface area contributed by atoms with Gasteiger partial charge >= 0.3 is 12.1 Å². The van der Waals surface area contributed by atoms with Crippen molar-refractivity contribution in [1.29, 1.82) is 0 Å². The molecule has 0 spiro atoms. The van der Waals surface area contributed by atoms with Gasteiger partial charge < -0.3 is 19.6 Å². The minimum absolute atomic E-state index is 0.0293. The highest BCUT2D eigenvalue weighted by Crippen LogP contribution is 2.44. The van der Waals surface area contributed by atoms with Gasteiger partial charge in [-0.15, -0.1) is 0 Å².